The van der Waals surface area contributed by atoms with Gasteiger partial charge in [0.05, 0.1) is 11.6 Å². The number of anilines is 2. The molecule has 0 bridgehead atoms. The van der Waals surface area contributed by atoms with Crippen molar-refractivity contribution in [2.45, 2.75) is 53.1 Å². The fourth-order valence-corrected chi connectivity index (χ4v) is 3.94. The van der Waals surface area contributed by atoms with Crippen LogP contribution in [-0.2, 0) is 14.3 Å². The second-order valence-corrected chi connectivity index (χ2v) is 8.54. The maximum atomic E-state index is 12.5. The van der Waals surface area contributed by atoms with Crippen molar-refractivity contribution in [1.29, 1.82) is 0 Å². The number of carbonyl (C=O) groups excluding carboxylic acids is 2. The molecule has 1 aliphatic rings. The molecule has 168 valence electrons. The number of pyridine rings is 1. The van der Waals surface area contributed by atoms with Gasteiger partial charge in [0.1, 0.15) is 5.82 Å². The molecule has 1 saturated heterocycles. The molecule has 0 unspecified atom stereocenters. The summed E-state index contributed by atoms with van der Waals surface area (Å²) in [6.07, 6.45) is 2.72. The monoisotopic (exact) mass is 426 g/mol. The van der Waals surface area contributed by atoms with Gasteiger partial charge in [-0.15, -0.1) is 0 Å². The predicted molar refractivity (Wildman–Crippen MR) is 124 cm³/mol. The van der Waals surface area contributed by atoms with Gasteiger partial charge in [0, 0.05) is 50.2 Å². The lowest BCUT2D eigenvalue weighted by molar-refractivity contribution is -0.125. The van der Waals surface area contributed by atoms with E-state index in [1.54, 1.807) is 0 Å². The van der Waals surface area contributed by atoms with Crippen LogP contribution in [0.4, 0.5) is 11.5 Å². The van der Waals surface area contributed by atoms with Gasteiger partial charge in [-0.25, -0.2) is 4.98 Å². The molecule has 0 radical (unpaired) electrons. The fraction of sp³-hybridized carbons (Fsp3) is 0.542. The lowest BCUT2D eigenvalue weighted by Gasteiger charge is -2.32. The SMILES string of the molecule is CC(=O)Nc1ccc2nc(N3CCC(C(=O)NCCCOC(C)C)CC3)cc(C)c2c1. The van der Waals surface area contributed by atoms with E-state index in [9.17, 15) is 9.59 Å². The number of aryl methyl sites for hydroxylation is 1. The Labute approximate surface area is 184 Å². The maximum Gasteiger partial charge on any atom is 0.223 e. The molecule has 2 N–H and O–H groups in total. The number of piperidine rings is 1. The third kappa shape index (κ3) is 6.40. The van der Waals surface area contributed by atoms with E-state index < -0.39 is 0 Å². The average Bonchev–Trinajstić information content (AvgIpc) is 2.73. The number of amides is 2. The zero-order valence-corrected chi connectivity index (χ0v) is 19.0. The van der Waals surface area contributed by atoms with Crippen LogP contribution < -0.4 is 15.5 Å². The first-order valence-corrected chi connectivity index (χ1v) is 11.2. The minimum atomic E-state index is -0.0858. The van der Waals surface area contributed by atoms with Crippen LogP contribution in [-0.4, -0.2) is 49.1 Å². The summed E-state index contributed by atoms with van der Waals surface area (Å²) in [7, 11) is 0. The minimum Gasteiger partial charge on any atom is -0.379 e. The van der Waals surface area contributed by atoms with Crippen LogP contribution in [0, 0.1) is 12.8 Å². The number of ether oxygens (including phenoxy) is 1. The Morgan fingerprint density at radius 1 is 1.23 bits per heavy atom. The van der Waals surface area contributed by atoms with E-state index in [0.29, 0.717) is 13.2 Å². The van der Waals surface area contributed by atoms with Gasteiger partial charge in [-0.2, -0.15) is 0 Å². The summed E-state index contributed by atoms with van der Waals surface area (Å²) in [5.74, 6) is 1.07. The van der Waals surface area contributed by atoms with Crippen LogP contribution in [0.2, 0.25) is 0 Å². The van der Waals surface area contributed by atoms with Crippen molar-refractivity contribution in [3.63, 3.8) is 0 Å². The van der Waals surface area contributed by atoms with Gasteiger partial charge in [-0.1, -0.05) is 0 Å². The number of nitrogens with zero attached hydrogens (tertiary/aromatic N) is 2. The maximum absolute atomic E-state index is 12.5. The molecule has 7 heteroatoms. The van der Waals surface area contributed by atoms with Gasteiger partial charge in [0.25, 0.3) is 0 Å². The first-order valence-electron chi connectivity index (χ1n) is 11.2. The van der Waals surface area contributed by atoms with Gasteiger partial charge >= 0.3 is 0 Å². The number of hydrogen-bond acceptors (Lipinski definition) is 5. The van der Waals surface area contributed by atoms with Crippen LogP contribution >= 0.6 is 0 Å². The number of aromatic nitrogens is 1. The second-order valence-electron chi connectivity index (χ2n) is 8.54. The molecule has 2 amide bonds. The molecular formula is C24H34N4O3. The lowest BCUT2D eigenvalue weighted by Crippen LogP contribution is -2.41. The van der Waals surface area contributed by atoms with Crippen LogP contribution in [0.15, 0.2) is 24.3 Å². The van der Waals surface area contributed by atoms with Crippen molar-refractivity contribution in [1.82, 2.24) is 10.3 Å². The molecule has 0 spiro atoms. The lowest BCUT2D eigenvalue weighted by atomic mass is 9.95. The van der Waals surface area contributed by atoms with Crippen molar-refractivity contribution in [2.24, 2.45) is 5.92 Å². The summed E-state index contributed by atoms with van der Waals surface area (Å²) in [4.78, 5) is 30.9. The quantitative estimate of drug-likeness (QED) is 0.630. The van der Waals surface area contributed by atoms with E-state index in [1.165, 1.54) is 6.92 Å². The molecule has 2 aromatic rings. The van der Waals surface area contributed by atoms with Gasteiger partial charge in [0.2, 0.25) is 11.8 Å². The third-order valence-corrected chi connectivity index (χ3v) is 5.58. The molecule has 0 saturated carbocycles. The molecule has 1 aliphatic heterocycles. The predicted octanol–water partition coefficient (Wildman–Crippen LogP) is 3.65. The second kappa shape index (κ2) is 10.6. The minimum absolute atomic E-state index is 0.0593. The summed E-state index contributed by atoms with van der Waals surface area (Å²) in [5.41, 5.74) is 2.81. The first-order chi connectivity index (χ1) is 14.8. The van der Waals surface area contributed by atoms with Gasteiger partial charge < -0.3 is 20.3 Å². The van der Waals surface area contributed by atoms with E-state index in [4.69, 9.17) is 9.72 Å². The Bertz CT molecular complexity index is 920. The molecule has 7 nitrogen and oxygen atoms in total. The average molecular weight is 427 g/mol. The van der Waals surface area contributed by atoms with E-state index in [0.717, 1.165) is 60.3 Å². The molecule has 0 aliphatic carbocycles. The largest absolute Gasteiger partial charge is 0.379 e. The highest BCUT2D eigenvalue weighted by Crippen LogP contribution is 2.28. The standard InChI is InChI=1S/C24H34N4O3/c1-16(2)31-13-5-10-25-24(30)19-8-11-28(12-9-19)23-14-17(3)21-15-20(26-18(4)29)6-7-22(21)27-23/h6-7,14-16,19H,5,8-13H2,1-4H3,(H,25,30)(H,26,29). The van der Waals surface area contributed by atoms with Gasteiger partial charge in [0.15, 0.2) is 0 Å². The molecule has 1 fully saturated rings. The molecule has 1 aromatic carbocycles. The number of rotatable bonds is 8. The normalized spacial score (nSPS) is 14.8. The van der Waals surface area contributed by atoms with Gasteiger partial charge in [-0.05, 0) is 69.9 Å². The van der Waals surface area contributed by atoms with E-state index >= 15 is 0 Å². The Morgan fingerprint density at radius 2 is 1.97 bits per heavy atom. The summed E-state index contributed by atoms with van der Waals surface area (Å²) >= 11 is 0. The van der Waals surface area contributed by atoms with Crippen LogP contribution in [0.25, 0.3) is 10.9 Å². The van der Waals surface area contributed by atoms with E-state index in [2.05, 4.69) is 28.5 Å². The van der Waals surface area contributed by atoms with Crippen molar-refractivity contribution in [2.75, 3.05) is 36.5 Å². The van der Waals surface area contributed by atoms with Crippen LogP contribution in [0.5, 0.6) is 0 Å². The molecule has 31 heavy (non-hydrogen) atoms. The van der Waals surface area contributed by atoms with Crippen LogP contribution in [0.3, 0.4) is 0 Å². The highest BCUT2D eigenvalue weighted by atomic mass is 16.5. The summed E-state index contributed by atoms with van der Waals surface area (Å²) in [6.45, 7) is 10.6. The highest BCUT2D eigenvalue weighted by Gasteiger charge is 2.25. The van der Waals surface area contributed by atoms with Crippen molar-refractivity contribution in [3.05, 3.63) is 29.8 Å². The molecule has 0 atom stereocenters. The van der Waals surface area contributed by atoms with Crippen molar-refractivity contribution in [3.8, 4) is 0 Å². The number of hydrogen-bond donors (Lipinski definition) is 2. The molecule has 3 rings (SSSR count). The summed E-state index contributed by atoms with van der Waals surface area (Å²) in [6, 6.07) is 7.88. The molecular weight excluding hydrogens is 392 g/mol. The van der Waals surface area contributed by atoms with Crippen molar-refractivity contribution < 1.29 is 14.3 Å². The topological polar surface area (TPSA) is 83.6 Å². The third-order valence-electron chi connectivity index (χ3n) is 5.58. The smallest absolute Gasteiger partial charge is 0.223 e. The Hall–Kier alpha value is -2.67. The zero-order chi connectivity index (χ0) is 22.4. The Kier molecular flexibility index (Phi) is 7.85. The molecule has 1 aromatic heterocycles. The van der Waals surface area contributed by atoms with Crippen molar-refractivity contribution >= 4 is 34.2 Å². The molecule has 2 heterocycles. The fourth-order valence-electron chi connectivity index (χ4n) is 3.94. The Morgan fingerprint density at radius 3 is 2.65 bits per heavy atom. The first kappa shape index (κ1) is 23.0. The van der Waals surface area contributed by atoms with Crippen LogP contribution in [0.1, 0.15) is 45.6 Å². The van der Waals surface area contributed by atoms with E-state index in [1.807, 2.05) is 32.0 Å². The highest BCUT2D eigenvalue weighted by molar-refractivity contribution is 5.93. The summed E-state index contributed by atoms with van der Waals surface area (Å²) < 4.78 is 5.51. The number of benzene rings is 1. The number of nitrogens with one attached hydrogen (secondary N) is 2. The number of carbonyl (C=O) groups is 2. The Balaban J connectivity index is 1.55. The van der Waals surface area contributed by atoms with E-state index in [-0.39, 0.29) is 23.8 Å². The summed E-state index contributed by atoms with van der Waals surface area (Å²) in [5, 5.41) is 6.90. The van der Waals surface area contributed by atoms with Gasteiger partial charge in [-0.3, -0.25) is 9.59 Å². The number of fused-ring (bicyclic) bond motifs is 1. The zero-order valence-electron chi connectivity index (χ0n) is 19.0.